The predicted molar refractivity (Wildman–Crippen MR) is 48.0 cm³/mol. The Morgan fingerprint density at radius 3 is 2.92 bits per heavy atom. The van der Waals surface area contributed by atoms with Crippen LogP contribution in [0, 0.1) is 0 Å². The van der Waals surface area contributed by atoms with Crippen LogP contribution in [-0.2, 0) is 10.0 Å². The Labute approximate surface area is 78.8 Å². The molecule has 0 aliphatic heterocycles. The van der Waals surface area contributed by atoms with Gasteiger partial charge in [-0.25, -0.2) is 8.42 Å². The lowest BCUT2D eigenvalue weighted by molar-refractivity contribution is 0.602. The first kappa shape index (κ1) is 9.69. The Morgan fingerprint density at radius 2 is 2.42 bits per heavy atom. The largest absolute Gasteiger partial charge is 0.257 e. The summed E-state index contributed by atoms with van der Waals surface area (Å²) in [6, 6.07) is 0. The standard InChI is InChI=1S/C4H6ClN3O2S2/c5-1-2-12(9,10)8-4-7-6-3-11-4/h3H,1-2H2,(H,7,8). The summed E-state index contributed by atoms with van der Waals surface area (Å²) in [7, 11) is -3.33. The molecule has 0 spiro atoms. The molecule has 0 saturated carbocycles. The number of halogens is 1. The first-order valence-corrected chi connectivity index (χ1v) is 6.03. The summed E-state index contributed by atoms with van der Waals surface area (Å²) in [4.78, 5) is 0. The first-order valence-electron chi connectivity index (χ1n) is 2.97. The van der Waals surface area contributed by atoms with E-state index in [0.717, 1.165) is 11.3 Å². The Balaban J connectivity index is 2.63. The first-order chi connectivity index (χ1) is 5.64. The van der Waals surface area contributed by atoms with Gasteiger partial charge in [-0.3, -0.25) is 4.72 Å². The third kappa shape index (κ3) is 2.92. The molecule has 5 nitrogen and oxygen atoms in total. The van der Waals surface area contributed by atoms with Gasteiger partial charge in [0, 0.05) is 5.88 Å². The van der Waals surface area contributed by atoms with Crippen LogP contribution in [0.5, 0.6) is 0 Å². The Bertz CT molecular complexity index is 322. The van der Waals surface area contributed by atoms with E-state index in [1.807, 2.05) is 0 Å². The lowest BCUT2D eigenvalue weighted by Crippen LogP contribution is -2.17. The molecule has 0 unspecified atom stereocenters. The number of hydrogen-bond donors (Lipinski definition) is 1. The second kappa shape index (κ2) is 4.01. The summed E-state index contributed by atoms with van der Waals surface area (Å²) in [6.45, 7) is 0. The summed E-state index contributed by atoms with van der Waals surface area (Å²) >= 11 is 6.39. The SMILES string of the molecule is O=S(=O)(CCCl)Nc1nncs1. The average molecular weight is 228 g/mol. The number of aromatic nitrogens is 2. The molecular formula is C4H6ClN3O2S2. The number of rotatable bonds is 4. The van der Waals surface area contributed by atoms with E-state index in [-0.39, 0.29) is 16.8 Å². The zero-order chi connectivity index (χ0) is 9.03. The molecule has 0 fully saturated rings. The lowest BCUT2D eigenvalue weighted by atomic mass is 11.0. The molecule has 0 amide bonds. The van der Waals surface area contributed by atoms with E-state index in [1.165, 1.54) is 5.51 Å². The zero-order valence-electron chi connectivity index (χ0n) is 5.90. The van der Waals surface area contributed by atoms with E-state index in [0.29, 0.717) is 0 Å². The third-order valence-electron chi connectivity index (χ3n) is 0.949. The van der Waals surface area contributed by atoms with Gasteiger partial charge in [0.25, 0.3) is 0 Å². The highest BCUT2D eigenvalue weighted by Crippen LogP contribution is 2.10. The maximum Gasteiger partial charge on any atom is 0.235 e. The monoisotopic (exact) mass is 227 g/mol. The summed E-state index contributed by atoms with van der Waals surface area (Å²) in [5.74, 6) is -0.0533. The van der Waals surface area contributed by atoms with Crippen LogP contribution in [0.4, 0.5) is 5.13 Å². The molecule has 0 radical (unpaired) electrons. The van der Waals surface area contributed by atoms with Crippen LogP contribution in [0.3, 0.4) is 0 Å². The summed E-state index contributed by atoms with van der Waals surface area (Å²) in [5.41, 5.74) is 1.44. The molecule has 0 atom stereocenters. The molecule has 68 valence electrons. The molecule has 1 heterocycles. The predicted octanol–water partition coefficient (Wildman–Crippen LogP) is 0.519. The van der Waals surface area contributed by atoms with Crippen LogP contribution in [0.2, 0.25) is 0 Å². The molecular weight excluding hydrogens is 222 g/mol. The molecule has 0 bridgehead atoms. The van der Waals surface area contributed by atoms with Gasteiger partial charge >= 0.3 is 0 Å². The number of anilines is 1. The Morgan fingerprint density at radius 1 is 1.67 bits per heavy atom. The van der Waals surface area contributed by atoms with Crippen LogP contribution >= 0.6 is 22.9 Å². The Kier molecular flexibility index (Phi) is 3.24. The van der Waals surface area contributed by atoms with E-state index in [2.05, 4.69) is 14.9 Å². The zero-order valence-corrected chi connectivity index (χ0v) is 8.29. The van der Waals surface area contributed by atoms with Crippen molar-refractivity contribution in [1.29, 1.82) is 0 Å². The molecule has 1 N–H and O–H groups in total. The van der Waals surface area contributed by atoms with Crippen LogP contribution in [0.25, 0.3) is 0 Å². The van der Waals surface area contributed by atoms with E-state index in [1.54, 1.807) is 0 Å². The second-order valence-electron chi connectivity index (χ2n) is 1.85. The number of nitrogens with one attached hydrogen (secondary N) is 1. The van der Waals surface area contributed by atoms with Gasteiger partial charge in [-0.2, -0.15) is 0 Å². The molecule has 12 heavy (non-hydrogen) atoms. The van der Waals surface area contributed by atoms with Gasteiger partial charge in [0.15, 0.2) is 0 Å². The van der Waals surface area contributed by atoms with Gasteiger partial charge in [-0.1, -0.05) is 11.3 Å². The van der Waals surface area contributed by atoms with Gasteiger partial charge < -0.3 is 0 Å². The van der Waals surface area contributed by atoms with Gasteiger partial charge in [0.2, 0.25) is 15.2 Å². The van der Waals surface area contributed by atoms with Crippen molar-refractivity contribution in [2.75, 3.05) is 16.4 Å². The molecule has 1 aromatic rings. The lowest BCUT2D eigenvalue weighted by Gasteiger charge is -2.00. The molecule has 8 heteroatoms. The molecule has 1 aromatic heterocycles. The maximum atomic E-state index is 11.0. The highest BCUT2D eigenvalue weighted by molar-refractivity contribution is 7.92. The second-order valence-corrected chi connectivity index (χ2v) is 4.91. The number of sulfonamides is 1. The molecule has 1 rings (SSSR count). The van der Waals surface area contributed by atoms with E-state index < -0.39 is 10.0 Å². The summed E-state index contributed by atoms with van der Waals surface area (Å²) in [5, 5.41) is 7.26. The highest BCUT2D eigenvalue weighted by atomic mass is 35.5. The van der Waals surface area contributed by atoms with Gasteiger partial charge in [-0.15, -0.1) is 21.8 Å². The highest BCUT2D eigenvalue weighted by Gasteiger charge is 2.10. The number of hydrogen-bond acceptors (Lipinski definition) is 5. The summed E-state index contributed by atoms with van der Waals surface area (Å²) in [6.07, 6.45) is 0. The van der Waals surface area contributed by atoms with Gasteiger partial charge in [-0.05, 0) is 0 Å². The van der Waals surface area contributed by atoms with Crippen LogP contribution in [0.15, 0.2) is 5.51 Å². The van der Waals surface area contributed by atoms with E-state index in [4.69, 9.17) is 11.6 Å². The topological polar surface area (TPSA) is 72.0 Å². The molecule has 0 aliphatic carbocycles. The van der Waals surface area contributed by atoms with Crippen molar-refractivity contribution in [2.24, 2.45) is 0 Å². The fourth-order valence-corrected chi connectivity index (χ4v) is 2.59. The maximum absolute atomic E-state index is 11.0. The van der Waals surface area contributed by atoms with Crippen LogP contribution in [-0.4, -0.2) is 30.2 Å². The van der Waals surface area contributed by atoms with E-state index >= 15 is 0 Å². The van der Waals surface area contributed by atoms with Crippen molar-refractivity contribution in [3.8, 4) is 0 Å². The smallest absolute Gasteiger partial charge is 0.235 e. The fourth-order valence-electron chi connectivity index (χ4n) is 0.503. The third-order valence-corrected chi connectivity index (χ3v) is 3.34. The number of alkyl halides is 1. The van der Waals surface area contributed by atoms with Crippen molar-refractivity contribution in [3.63, 3.8) is 0 Å². The van der Waals surface area contributed by atoms with Gasteiger partial charge in [0.1, 0.15) is 5.51 Å². The van der Waals surface area contributed by atoms with Crippen LogP contribution in [0.1, 0.15) is 0 Å². The molecule has 0 aliphatic rings. The van der Waals surface area contributed by atoms with Crippen molar-refractivity contribution in [2.45, 2.75) is 0 Å². The minimum absolute atomic E-state index is 0.0636. The van der Waals surface area contributed by atoms with Gasteiger partial charge in [0.05, 0.1) is 5.75 Å². The summed E-state index contributed by atoms with van der Waals surface area (Å²) < 4.78 is 24.3. The average Bonchev–Trinajstić information content (AvgIpc) is 2.38. The normalized spacial score (nSPS) is 11.4. The molecule has 0 aromatic carbocycles. The van der Waals surface area contributed by atoms with Crippen molar-refractivity contribution in [3.05, 3.63) is 5.51 Å². The number of nitrogens with zero attached hydrogens (tertiary/aromatic N) is 2. The molecule has 0 saturated heterocycles. The Hall–Kier alpha value is -0.400. The van der Waals surface area contributed by atoms with Crippen LogP contribution < -0.4 is 4.72 Å². The van der Waals surface area contributed by atoms with Crippen molar-refractivity contribution < 1.29 is 8.42 Å². The minimum Gasteiger partial charge on any atom is -0.257 e. The van der Waals surface area contributed by atoms with Crippen molar-refractivity contribution in [1.82, 2.24) is 10.2 Å². The quantitative estimate of drug-likeness (QED) is 0.762. The fraction of sp³-hybridized carbons (Fsp3) is 0.500. The minimum atomic E-state index is -3.33. The van der Waals surface area contributed by atoms with Crippen molar-refractivity contribution >= 4 is 38.1 Å². The van der Waals surface area contributed by atoms with E-state index in [9.17, 15) is 8.42 Å².